The van der Waals surface area contributed by atoms with Gasteiger partial charge in [-0.3, -0.25) is 19.2 Å². The third kappa shape index (κ3) is 4.89. The van der Waals surface area contributed by atoms with Gasteiger partial charge in [-0.1, -0.05) is 6.07 Å². The predicted octanol–water partition coefficient (Wildman–Crippen LogP) is 4.67. The Hall–Kier alpha value is -4.88. The molecular formula is C36H30F6N4O8. The molecule has 6 fully saturated rings. The van der Waals surface area contributed by atoms with Gasteiger partial charge in [0.15, 0.2) is 5.69 Å². The van der Waals surface area contributed by atoms with E-state index in [0.717, 1.165) is 34.1 Å². The molecule has 6 aliphatic heterocycles. The maximum atomic E-state index is 13.2. The first-order chi connectivity index (χ1) is 24.9. The molecule has 54 heavy (non-hydrogen) atoms. The van der Waals surface area contributed by atoms with Gasteiger partial charge < -0.3 is 19.7 Å². The molecule has 10 atom stereocenters. The SMILES string of the molecule is CC12C[C@@H](O)C(C)(O1)[C@H]1C(=O)N(c3ccc(C#N)c(C(F)(F)F)c3)C(=O)[C@H]12.[C-]#[N+]c1ccc(N2C(=O)[C@@H]3[C@H](C2=O)C2(C)C[C@H](O)C3(C)O2)cc1C(F)(F)F. The lowest BCUT2D eigenvalue weighted by atomic mass is 9.67. The van der Waals surface area contributed by atoms with Crippen LogP contribution in [0.1, 0.15) is 57.2 Å². The molecule has 6 heterocycles. The zero-order chi connectivity index (χ0) is 39.9. The number of aliphatic hydroxyl groups is 2. The van der Waals surface area contributed by atoms with Crippen LogP contribution in [0, 0.1) is 41.6 Å². The molecule has 8 rings (SSSR count). The Bertz CT molecular complexity index is 2000. The number of hydrogen-bond acceptors (Lipinski definition) is 9. The van der Waals surface area contributed by atoms with Crippen LogP contribution in [0.4, 0.5) is 43.4 Å². The van der Waals surface area contributed by atoms with Crippen LogP contribution < -0.4 is 9.80 Å². The van der Waals surface area contributed by atoms with Crippen molar-refractivity contribution in [2.24, 2.45) is 23.7 Å². The summed E-state index contributed by atoms with van der Waals surface area (Å²) in [6, 6.07) is 6.94. The van der Waals surface area contributed by atoms with Crippen LogP contribution in [0.5, 0.6) is 0 Å². The average Bonchev–Trinajstić information content (AvgIpc) is 3.80. The number of nitrogens with zero attached hydrogens (tertiary/aromatic N) is 4. The number of alkyl halides is 6. The molecule has 6 saturated heterocycles. The van der Waals surface area contributed by atoms with Gasteiger partial charge in [0.25, 0.3) is 0 Å². The Morgan fingerprint density at radius 2 is 1.11 bits per heavy atom. The number of nitriles is 1. The summed E-state index contributed by atoms with van der Waals surface area (Å²) < 4.78 is 91.1. The molecular weight excluding hydrogens is 730 g/mol. The van der Waals surface area contributed by atoms with Gasteiger partial charge in [-0.2, -0.15) is 31.6 Å². The topological polar surface area (TPSA) is 162 Å². The van der Waals surface area contributed by atoms with Crippen LogP contribution >= 0.6 is 0 Å². The zero-order valence-corrected chi connectivity index (χ0v) is 28.7. The Labute approximate surface area is 302 Å². The van der Waals surface area contributed by atoms with Crippen molar-refractivity contribution in [3.8, 4) is 6.07 Å². The van der Waals surface area contributed by atoms with E-state index in [1.165, 1.54) is 6.07 Å². The molecule has 4 amide bonds. The van der Waals surface area contributed by atoms with Gasteiger partial charge in [0.05, 0.1) is 82.1 Å². The number of imide groups is 2. The second kappa shape index (κ2) is 11.3. The maximum Gasteiger partial charge on any atom is 0.417 e. The standard InChI is InChI=1S/2C18H15F3N2O4/c1-16-7-11(24)17(2,27-16)13-12(16)14(25)23(15(13)26)8-4-5-10(22-3)9(6-8)18(19,20)21;1-16-6-11(24)17(2,27-16)13-12(16)14(25)23(15(13)26)9-4-3-8(7-22)10(5-9)18(19,20)21/h4-6,11-13,24H,7H2,1-2H3;3-5,11-13,24H,6H2,1-2H3/t2*11-,12+,13-,16?,17?/m01/s1. The number of rotatable bonds is 2. The molecule has 2 N–H and O–H groups in total. The van der Waals surface area contributed by atoms with E-state index in [2.05, 4.69) is 4.85 Å². The smallest absolute Gasteiger partial charge is 0.390 e. The van der Waals surface area contributed by atoms with Crippen molar-refractivity contribution in [1.29, 1.82) is 5.26 Å². The Kier molecular flexibility index (Phi) is 7.85. The quantitative estimate of drug-likeness (QED) is 0.252. The number of aliphatic hydroxyl groups excluding tert-OH is 2. The predicted molar refractivity (Wildman–Crippen MR) is 170 cm³/mol. The minimum absolute atomic E-state index is 0.165. The Morgan fingerprint density at radius 3 is 1.50 bits per heavy atom. The fourth-order valence-corrected chi connectivity index (χ4v) is 9.54. The van der Waals surface area contributed by atoms with E-state index >= 15 is 0 Å². The van der Waals surface area contributed by atoms with Crippen molar-refractivity contribution in [3.63, 3.8) is 0 Å². The second-order valence-electron chi connectivity index (χ2n) is 15.2. The Balaban J connectivity index is 0.000000167. The largest absolute Gasteiger partial charge is 0.417 e. The molecule has 0 spiro atoms. The summed E-state index contributed by atoms with van der Waals surface area (Å²) in [5.74, 6) is -6.37. The number of amides is 4. The van der Waals surface area contributed by atoms with E-state index in [0.29, 0.717) is 12.1 Å². The summed E-state index contributed by atoms with van der Waals surface area (Å²) in [6.45, 7) is 13.2. The van der Waals surface area contributed by atoms with E-state index in [4.69, 9.17) is 21.3 Å². The van der Waals surface area contributed by atoms with Gasteiger partial charge in [0.1, 0.15) is 11.2 Å². The number of fused-ring (bicyclic) bond motifs is 10. The summed E-state index contributed by atoms with van der Waals surface area (Å²) in [4.78, 5) is 56.2. The van der Waals surface area contributed by atoms with Gasteiger partial charge in [0.2, 0.25) is 23.6 Å². The van der Waals surface area contributed by atoms with Gasteiger partial charge in [0, 0.05) is 18.5 Å². The first-order valence-electron chi connectivity index (χ1n) is 16.6. The van der Waals surface area contributed by atoms with Crippen molar-refractivity contribution in [1.82, 2.24) is 0 Å². The minimum Gasteiger partial charge on any atom is -0.390 e. The summed E-state index contributed by atoms with van der Waals surface area (Å²) in [6.07, 6.45) is -11.2. The molecule has 0 saturated carbocycles. The maximum absolute atomic E-state index is 13.2. The lowest BCUT2D eigenvalue weighted by Crippen LogP contribution is -2.49. The molecule has 4 bridgehead atoms. The van der Waals surface area contributed by atoms with Crippen molar-refractivity contribution < 1.29 is 65.2 Å². The van der Waals surface area contributed by atoms with Crippen LogP contribution in [0.2, 0.25) is 0 Å². The third-order valence-electron chi connectivity index (χ3n) is 11.9. The van der Waals surface area contributed by atoms with Crippen molar-refractivity contribution >= 4 is 40.7 Å². The number of carbonyl (C=O) groups excluding carboxylic acids is 4. The Morgan fingerprint density at radius 1 is 0.722 bits per heavy atom. The van der Waals surface area contributed by atoms with E-state index in [-0.39, 0.29) is 24.2 Å². The highest BCUT2D eigenvalue weighted by atomic mass is 19.4. The fourth-order valence-electron chi connectivity index (χ4n) is 9.54. The van der Waals surface area contributed by atoms with Gasteiger partial charge >= 0.3 is 12.4 Å². The van der Waals surface area contributed by atoms with Crippen molar-refractivity contribution in [2.75, 3.05) is 9.80 Å². The lowest BCUT2D eigenvalue weighted by Gasteiger charge is -2.31. The molecule has 0 radical (unpaired) electrons. The number of hydrogen-bond donors (Lipinski definition) is 2. The van der Waals surface area contributed by atoms with Crippen LogP contribution in [0.25, 0.3) is 4.85 Å². The first-order valence-corrected chi connectivity index (χ1v) is 16.6. The lowest BCUT2D eigenvalue weighted by molar-refractivity contribution is -0.138. The molecule has 2 aromatic rings. The number of halogens is 6. The highest BCUT2D eigenvalue weighted by Crippen LogP contribution is 2.62. The third-order valence-corrected chi connectivity index (χ3v) is 11.9. The summed E-state index contributed by atoms with van der Waals surface area (Å²) in [5, 5.41) is 29.5. The van der Waals surface area contributed by atoms with Gasteiger partial charge in [-0.25, -0.2) is 14.6 Å². The van der Waals surface area contributed by atoms with Crippen LogP contribution in [-0.4, -0.2) is 68.5 Å². The highest BCUT2D eigenvalue weighted by molar-refractivity contribution is 6.24. The van der Waals surface area contributed by atoms with E-state index in [1.54, 1.807) is 27.7 Å². The summed E-state index contributed by atoms with van der Waals surface area (Å²) in [7, 11) is 0. The molecule has 4 unspecified atom stereocenters. The molecule has 0 aromatic heterocycles. The zero-order valence-electron chi connectivity index (χ0n) is 28.7. The molecule has 18 heteroatoms. The normalized spacial score (nSPS) is 37.7. The van der Waals surface area contributed by atoms with Crippen LogP contribution in [-0.2, 0) is 41.0 Å². The summed E-state index contributed by atoms with van der Waals surface area (Å²) >= 11 is 0. The van der Waals surface area contributed by atoms with Gasteiger partial charge in [-0.05, 0) is 58.0 Å². The second-order valence-corrected chi connectivity index (χ2v) is 15.2. The average molecular weight is 761 g/mol. The van der Waals surface area contributed by atoms with Gasteiger partial charge in [-0.15, -0.1) is 0 Å². The van der Waals surface area contributed by atoms with Crippen molar-refractivity contribution in [3.05, 3.63) is 64.5 Å². The van der Waals surface area contributed by atoms with Crippen LogP contribution in [0.15, 0.2) is 36.4 Å². The van der Waals surface area contributed by atoms with E-state index in [9.17, 15) is 55.7 Å². The highest BCUT2D eigenvalue weighted by Gasteiger charge is 2.77. The molecule has 2 aromatic carbocycles. The minimum atomic E-state index is -4.81. The number of carbonyl (C=O) groups is 4. The monoisotopic (exact) mass is 760 g/mol. The summed E-state index contributed by atoms with van der Waals surface area (Å²) in [5.41, 5.74) is -8.73. The molecule has 284 valence electrons. The number of anilines is 2. The first kappa shape index (κ1) is 37.4. The molecule has 6 aliphatic rings. The van der Waals surface area contributed by atoms with Crippen molar-refractivity contribution in [2.45, 2.75) is 87.5 Å². The van der Waals surface area contributed by atoms with Crippen LogP contribution in [0.3, 0.4) is 0 Å². The number of benzene rings is 2. The molecule has 12 nitrogen and oxygen atoms in total. The van der Waals surface area contributed by atoms with E-state index < -0.39 is 117 Å². The fraction of sp³-hybridized carbons (Fsp3) is 0.500. The number of ether oxygens (including phenoxy) is 2. The molecule has 0 aliphatic carbocycles. The van der Waals surface area contributed by atoms with E-state index in [1.807, 2.05) is 0 Å².